The fourth-order valence-corrected chi connectivity index (χ4v) is 1.61. The summed E-state index contributed by atoms with van der Waals surface area (Å²) < 4.78 is 18.2. The topological polar surface area (TPSA) is 68.3 Å². The van der Waals surface area contributed by atoms with Gasteiger partial charge >= 0.3 is 0 Å². The summed E-state index contributed by atoms with van der Waals surface area (Å²) in [4.78, 5) is 11.9. The van der Waals surface area contributed by atoms with E-state index < -0.39 is 11.7 Å². The minimum Gasteiger partial charge on any atom is -0.467 e. The Balaban J connectivity index is 2.15. The van der Waals surface area contributed by atoms with Crippen molar-refractivity contribution >= 4 is 11.6 Å². The van der Waals surface area contributed by atoms with Gasteiger partial charge in [0.15, 0.2) is 0 Å². The third-order valence-corrected chi connectivity index (χ3v) is 2.58. The second-order valence-electron chi connectivity index (χ2n) is 3.94. The molecule has 1 aromatic heterocycles. The van der Waals surface area contributed by atoms with Crippen molar-refractivity contribution in [3.05, 3.63) is 53.7 Å². The van der Waals surface area contributed by atoms with E-state index >= 15 is 0 Å². The van der Waals surface area contributed by atoms with Crippen LogP contribution in [0, 0.1) is 5.82 Å². The Morgan fingerprint density at radius 1 is 1.44 bits per heavy atom. The third kappa shape index (κ3) is 2.51. The summed E-state index contributed by atoms with van der Waals surface area (Å²) in [6, 6.07) is 6.85. The highest BCUT2D eigenvalue weighted by molar-refractivity contribution is 5.99. The average molecular weight is 248 g/mol. The van der Waals surface area contributed by atoms with Crippen LogP contribution in [-0.2, 0) is 0 Å². The van der Waals surface area contributed by atoms with E-state index in [0.717, 1.165) is 6.07 Å². The third-order valence-electron chi connectivity index (χ3n) is 2.58. The zero-order valence-electron chi connectivity index (χ0n) is 9.81. The summed E-state index contributed by atoms with van der Waals surface area (Å²) in [5.41, 5.74) is 5.99. The van der Waals surface area contributed by atoms with Gasteiger partial charge in [-0.1, -0.05) is 0 Å². The summed E-state index contributed by atoms with van der Waals surface area (Å²) in [6.45, 7) is 1.77. The maximum Gasteiger partial charge on any atom is 0.254 e. The van der Waals surface area contributed by atoms with Crippen LogP contribution >= 0.6 is 0 Å². The predicted molar refractivity (Wildman–Crippen MR) is 65.4 cm³/mol. The van der Waals surface area contributed by atoms with E-state index in [2.05, 4.69) is 5.32 Å². The molecule has 1 aromatic carbocycles. The molecule has 94 valence electrons. The first-order valence-corrected chi connectivity index (χ1v) is 5.47. The number of hydrogen-bond acceptors (Lipinski definition) is 3. The van der Waals surface area contributed by atoms with Gasteiger partial charge in [0, 0.05) is 5.69 Å². The molecule has 0 aliphatic heterocycles. The molecule has 3 N–H and O–H groups in total. The van der Waals surface area contributed by atoms with Gasteiger partial charge in [-0.05, 0) is 37.3 Å². The van der Waals surface area contributed by atoms with Crippen LogP contribution in [0.3, 0.4) is 0 Å². The van der Waals surface area contributed by atoms with Crippen molar-refractivity contribution in [2.24, 2.45) is 0 Å². The second-order valence-corrected chi connectivity index (χ2v) is 3.94. The molecule has 4 nitrogen and oxygen atoms in total. The zero-order valence-corrected chi connectivity index (χ0v) is 9.81. The molecule has 0 saturated heterocycles. The van der Waals surface area contributed by atoms with Crippen LogP contribution in [0.1, 0.15) is 29.1 Å². The average Bonchev–Trinajstić information content (AvgIpc) is 2.85. The number of furan rings is 1. The molecule has 0 unspecified atom stereocenters. The number of carbonyl (C=O) groups excluding carboxylic acids is 1. The van der Waals surface area contributed by atoms with Crippen LogP contribution in [0.4, 0.5) is 10.1 Å². The molecule has 5 heteroatoms. The van der Waals surface area contributed by atoms with Gasteiger partial charge in [0.2, 0.25) is 0 Å². The maximum atomic E-state index is 13.1. The molecular formula is C13H13FN2O2. The van der Waals surface area contributed by atoms with E-state index in [0.29, 0.717) is 5.76 Å². The van der Waals surface area contributed by atoms with E-state index in [9.17, 15) is 9.18 Å². The lowest BCUT2D eigenvalue weighted by atomic mass is 10.1. The van der Waals surface area contributed by atoms with E-state index in [1.165, 1.54) is 18.4 Å². The number of hydrogen-bond donors (Lipinski definition) is 2. The molecule has 0 fully saturated rings. The molecule has 0 aliphatic rings. The molecule has 0 saturated carbocycles. The number of benzene rings is 1. The Kier molecular flexibility index (Phi) is 3.32. The lowest BCUT2D eigenvalue weighted by molar-refractivity contribution is 0.0936. The molecule has 2 aromatic rings. The van der Waals surface area contributed by atoms with E-state index in [1.54, 1.807) is 19.1 Å². The molecule has 1 amide bonds. The van der Waals surface area contributed by atoms with Gasteiger partial charge in [0.05, 0.1) is 17.9 Å². The number of rotatable bonds is 3. The Hall–Kier alpha value is -2.30. The number of nitrogens with two attached hydrogens (primary N) is 1. The summed E-state index contributed by atoms with van der Waals surface area (Å²) in [5, 5.41) is 2.69. The minimum atomic E-state index is -0.500. The van der Waals surface area contributed by atoms with Crippen LogP contribution in [0.15, 0.2) is 41.0 Å². The standard InChI is InChI=1S/C13H13FN2O2/c1-8(12-3-2-6-18-12)16-13(17)10-7-9(14)4-5-11(10)15/h2-8H,15H2,1H3,(H,16,17)/t8-/m1/s1. The Bertz CT molecular complexity index is 552. The van der Waals surface area contributed by atoms with E-state index in [-0.39, 0.29) is 17.3 Å². The molecular weight excluding hydrogens is 235 g/mol. The lowest BCUT2D eigenvalue weighted by Gasteiger charge is -2.12. The monoisotopic (exact) mass is 248 g/mol. The first-order valence-electron chi connectivity index (χ1n) is 5.47. The van der Waals surface area contributed by atoms with Gasteiger partial charge < -0.3 is 15.5 Å². The normalized spacial score (nSPS) is 12.1. The van der Waals surface area contributed by atoms with E-state index in [4.69, 9.17) is 10.2 Å². The van der Waals surface area contributed by atoms with Crippen LogP contribution in [-0.4, -0.2) is 5.91 Å². The van der Waals surface area contributed by atoms with Crippen LogP contribution in [0.25, 0.3) is 0 Å². The first kappa shape index (κ1) is 12.2. The van der Waals surface area contributed by atoms with Gasteiger partial charge in [0.25, 0.3) is 5.91 Å². The fourth-order valence-electron chi connectivity index (χ4n) is 1.61. The summed E-state index contributed by atoms with van der Waals surface area (Å²) in [6.07, 6.45) is 1.52. The Labute approximate surface area is 104 Å². The molecule has 0 spiro atoms. The van der Waals surface area contributed by atoms with E-state index in [1.807, 2.05) is 0 Å². The number of anilines is 1. The fraction of sp³-hybridized carbons (Fsp3) is 0.154. The van der Waals surface area contributed by atoms with Crippen molar-refractivity contribution in [2.75, 3.05) is 5.73 Å². The van der Waals surface area contributed by atoms with Crippen LogP contribution < -0.4 is 11.1 Å². The highest BCUT2D eigenvalue weighted by Crippen LogP contribution is 2.17. The second kappa shape index (κ2) is 4.91. The smallest absolute Gasteiger partial charge is 0.254 e. The van der Waals surface area contributed by atoms with Crippen molar-refractivity contribution in [1.29, 1.82) is 0 Å². The Morgan fingerprint density at radius 3 is 2.89 bits per heavy atom. The van der Waals surface area contributed by atoms with Crippen molar-refractivity contribution in [1.82, 2.24) is 5.32 Å². The molecule has 0 radical (unpaired) electrons. The van der Waals surface area contributed by atoms with Gasteiger partial charge in [0.1, 0.15) is 11.6 Å². The highest BCUT2D eigenvalue weighted by Gasteiger charge is 2.15. The molecule has 2 rings (SSSR count). The molecule has 0 bridgehead atoms. The van der Waals surface area contributed by atoms with Gasteiger partial charge in [-0.3, -0.25) is 4.79 Å². The maximum absolute atomic E-state index is 13.1. The number of halogens is 1. The summed E-state index contributed by atoms with van der Waals surface area (Å²) in [7, 11) is 0. The number of nitrogens with one attached hydrogen (secondary N) is 1. The van der Waals surface area contributed by atoms with Gasteiger partial charge in [-0.2, -0.15) is 0 Å². The summed E-state index contributed by atoms with van der Waals surface area (Å²) >= 11 is 0. The largest absolute Gasteiger partial charge is 0.467 e. The van der Waals surface area contributed by atoms with Crippen molar-refractivity contribution in [3.8, 4) is 0 Å². The molecule has 1 atom stereocenters. The van der Waals surface area contributed by atoms with Gasteiger partial charge in [-0.15, -0.1) is 0 Å². The van der Waals surface area contributed by atoms with Crippen molar-refractivity contribution in [3.63, 3.8) is 0 Å². The molecule has 0 aliphatic carbocycles. The Morgan fingerprint density at radius 2 is 2.22 bits per heavy atom. The number of amides is 1. The van der Waals surface area contributed by atoms with Crippen LogP contribution in [0.2, 0.25) is 0 Å². The van der Waals surface area contributed by atoms with Crippen molar-refractivity contribution in [2.45, 2.75) is 13.0 Å². The predicted octanol–water partition coefficient (Wildman–Crippen LogP) is 2.49. The zero-order chi connectivity index (χ0) is 13.1. The van der Waals surface area contributed by atoms with Gasteiger partial charge in [-0.25, -0.2) is 4.39 Å². The van der Waals surface area contributed by atoms with Crippen molar-refractivity contribution < 1.29 is 13.6 Å². The van der Waals surface area contributed by atoms with Crippen LogP contribution in [0.5, 0.6) is 0 Å². The SMILES string of the molecule is C[C@@H](NC(=O)c1cc(F)ccc1N)c1ccco1. The number of nitrogen functional groups attached to an aromatic ring is 1. The first-order chi connectivity index (χ1) is 8.58. The number of carbonyl (C=O) groups is 1. The lowest BCUT2D eigenvalue weighted by Crippen LogP contribution is -2.27. The summed E-state index contributed by atoms with van der Waals surface area (Å²) in [5.74, 6) is -0.311. The quantitative estimate of drug-likeness (QED) is 0.820. The minimum absolute atomic E-state index is 0.119. The molecule has 1 heterocycles. The highest BCUT2D eigenvalue weighted by atomic mass is 19.1. The molecule has 18 heavy (non-hydrogen) atoms.